The average Bonchev–Trinajstić information content (AvgIpc) is 2.68. The Kier molecular flexibility index (Phi) is 6.39. The molecule has 150 valence electrons. The molecule has 7 nitrogen and oxygen atoms in total. The van der Waals surface area contributed by atoms with Crippen LogP contribution in [0.3, 0.4) is 0 Å². The van der Waals surface area contributed by atoms with Gasteiger partial charge in [0.15, 0.2) is 0 Å². The van der Waals surface area contributed by atoms with Gasteiger partial charge in [-0.05, 0) is 36.4 Å². The summed E-state index contributed by atoms with van der Waals surface area (Å²) in [5.41, 5.74) is 1.62. The van der Waals surface area contributed by atoms with E-state index in [1.807, 2.05) is 17.0 Å². The molecule has 1 heterocycles. The number of benzene rings is 2. The number of hydrogen-bond acceptors (Lipinski definition) is 5. The lowest BCUT2D eigenvalue weighted by atomic mass is 10.1. The zero-order chi connectivity index (χ0) is 20.3. The van der Waals surface area contributed by atoms with Gasteiger partial charge in [-0.25, -0.2) is 12.7 Å². The van der Waals surface area contributed by atoms with Crippen molar-refractivity contribution >= 4 is 43.2 Å². The molecule has 2 aromatic rings. The molecule has 1 aliphatic rings. The standard InChI is InChI=1S/C19H22BrN3O4S/c1-22(2)28(25,26)16-6-7-18(23-8-10-27-11-9-23)17(13-16)19(24)21-15-5-3-4-14(20)12-15/h3-7,12-13H,8-11H2,1-2H3,(H,21,24). The second-order valence-corrected chi connectivity index (χ2v) is 9.60. The molecule has 2 aromatic carbocycles. The second kappa shape index (κ2) is 8.60. The molecule has 0 saturated carbocycles. The maximum absolute atomic E-state index is 13.0. The van der Waals surface area contributed by atoms with Gasteiger partial charge >= 0.3 is 0 Å². The number of amides is 1. The van der Waals surface area contributed by atoms with Crippen LogP contribution in [0.15, 0.2) is 51.8 Å². The smallest absolute Gasteiger partial charge is 0.257 e. The first-order valence-electron chi connectivity index (χ1n) is 8.75. The Morgan fingerprint density at radius 3 is 2.50 bits per heavy atom. The van der Waals surface area contributed by atoms with Crippen molar-refractivity contribution in [2.45, 2.75) is 4.90 Å². The Labute approximate surface area is 173 Å². The third-order valence-corrected chi connectivity index (χ3v) is 6.73. The fraction of sp³-hybridized carbons (Fsp3) is 0.316. The second-order valence-electron chi connectivity index (χ2n) is 6.53. The van der Waals surface area contributed by atoms with E-state index in [1.54, 1.807) is 18.2 Å². The van der Waals surface area contributed by atoms with Crippen LogP contribution >= 0.6 is 15.9 Å². The highest BCUT2D eigenvalue weighted by Gasteiger charge is 2.24. The summed E-state index contributed by atoms with van der Waals surface area (Å²) < 4.78 is 32.5. The number of ether oxygens (including phenoxy) is 1. The molecule has 1 fully saturated rings. The van der Waals surface area contributed by atoms with E-state index in [2.05, 4.69) is 21.2 Å². The molecule has 0 spiro atoms. The number of anilines is 2. The van der Waals surface area contributed by atoms with E-state index in [-0.39, 0.29) is 10.8 Å². The summed E-state index contributed by atoms with van der Waals surface area (Å²) >= 11 is 3.38. The molecule has 9 heteroatoms. The van der Waals surface area contributed by atoms with Crippen LogP contribution in [0.25, 0.3) is 0 Å². The van der Waals surface area contributed by atoms with Gasteiger partial charge in [0.2, 0.25) is 10.0 Å². The quantitative estimate of drug-likeness (QED) is 0.731. The number of halogens is 1. The highest BCUT2D eigenvalue weighted by atomic mass is 79.9. The molecule has 1 saturated heterocycles. The lowest BCUT2D eigenvalue weighted by Gasteiger charge is -2.30. The third kappa shape index (κ3) is 4.54. The highest BCUT2D eigenvalue weighted by Crippen LogP contribution is 2.27. The number of carbonyl (C=O) groups is 1. The van der Waals surface area contributed by atoms with Crippen LogP contribution in [0, 0.1) is 0 Å². The Balaban J connectivity index is 2.02. The molecule has 1 N–H and O–H groups in total. The molecular weight excluding hydrogens is 446 g/mol. The number of nitrogens with one attached hydrogen (secondary N) is 1. The summed E-state index contributed by atoms with van der Waals surface area (Å²) in [6.45, 7) is 2.39. The molecule has 1 amide bonds. The number of rotatable bonds is 5. The minimum Gasteiger partial charge on any atom is -0.378 e. The third-order valence-electron chi connectivity index (χ3n) is 4.43. The normalized spacial score (nSPS) is 14.9. The van der Waals surface area contributed by atoms with E-state index >= 15 is 0 Å². The summed E-state index contributed by atoms with van der Waals surface area (Å²) in [6, 6.07) is 11.9. The number of nitrogens with zero attached hydrogens (tertiary/aromatic N) is 2. The fourth-order valence-corrected chi connectivity index (χ4v) is 4.24. The largest absolute Gasteiger partial charge is 0.378 e. The van der Waals surface area contributed by atoms with Gasteiger partial charge in [0.05, 0.1) is 23.7 Å². The monoisotopic (exact) mass is 467 g/mol. The van der Waals surface area contributed by atoms with E-state index in [1.165, 1.54) is 26.2 Å². The molecule has 0 atom stereocenters. The predicted molar refractivity (Wildman–Crippen MR) is 112 cm³/mol. The van der Waals surface area contributed by atoms with Gasteiger partial charge in [-0.2, -0.15) is 0 Å². The van der Waals surface area contributed by atoms with Crippen LogP contribution in [0.4, 0.5) is 11.4 Å². The summed E-state index contributed by atoms with van der Waals surface area (Å²) in [5, 5.41) is 2.85. The summed E-state index contributed by atoms with van der Waals surface area (Å²) in [5.74, 6) is -0.365. The lowest BCUT2D eigenvalue weighted by Crippen LogP contribution is -2.37. The first-order chi connectivity index (χ1) is 13.3. The molecule has 3 rings (SSSR count). The van der Waals surface area contributed by atoms with Gasteiger partial charge in [-0.15, -0.1) is 0 Å². The van der Waals surface area contributed by atoms with Crippen LogP contribution in [0.2, 0.25) is 0 Å². The summed E-state index contributed by atoms with van der Waals surface area (Å²) in [7, 11) is -0.728. The van der Waals surface area contributed by atoms with E-state index < -0.39 is 10.0 Å². The predicted octanol–water partition coefficient (Wildman–Crippen LogP) is 2.79. The topological polar surface area (TPSA) is 79.0 Å². The first-order valence-corrected chi connectivity index (χ1v) is 11.0. The number of hydrogen-bond donors (Lipinski definition) is 1. The molecule has 0 bridgehead atoms. The zero-order valence-corrected chi connectivity index (χ0v) is 18.1. The van der Waals surface area contributed by atoms with Crippen molar-refractivity contribution in [3.8, 4) is 0 Å². The molecule has 28 heavy (non-hydrogen) atoms. The van der Waals surface area contributed by atoms with Crippen LogP contribution in [0.1, 0.15) is 10.4 Å². The lowest BCUT2D eigenvalue weighted by molar-refractivity contribution is 0.102. The van der Waals surface area contributed by atoms with E-state index in [9.17, 15) is 13.2 Å². The Morgan fingerprint density at radius 1 is 1.14 bits per heavy atom. The van der Waals surface area contributed by atoms with E-state index in [0.717, 1.165) is 8.78 Å². The van der Waals surface area contributed by atoms with Crippen molar-refractivity contribution in [3.05, 3.63) is 52.5 Å². The van der Waals surface area contributed by atoms with E-state index in [4.69, 9.17) is 4.74 Å². The molecule has 0 unspecified atom stereocenters. The Morgan fingerprint density at radius 2 is 1.86 bits per heavy atom. The van der Waals surface area contributed by atoms with Gasteiger partial charge in [0.25, 0.3) is 5.91 Å². The minimum absolute atomic E-state index is 0.0777. The van der Waals surface area contributed by atoms with Gasteiger partial charge in [0, 0.05) is 43.0 Å². The van der Waals surface area contributed by atoms with Crippen LogP contribution in [-0.2, 0) is 14.8 Å². The van der Waals surface area contributed by atoms with Crippen molar-refractivity contribution in [2.75, 3.05) is 50.6 Å². The van der Waals surface area contributed by atoms with Gasteiger partial charge in [-0.3, -0.25) is 4.79 Å². The van der Waals surface area contributed by atoms with Gasteiger partial charge in [0.1, 0.15) is 0 Å². The van der Waals surface area contributed by atoms with E-state index in [0.29, 0.717) is 43.2 Å². The molecule has 0 radical (unpaired) electrons. The number of carbonyl (C=O) groups excluding carboxylic acids is 1. The van der Waals surface area contributed by atoms with Crippen molar-refractivity contribution in [1.29, 1.82) is 0 Å². The maximum atomic E-state index is 13.0. The molecule has 0 aliphatic carbocycles. The highest BCUT2D eigenvalue weighted by molar-refractivity contribution is 9.10. The SMILES string of the molecule is CN(C)S(=O)(=O)c1ccc(N2CCOCC2)c(C(=O)Nc2cccc(Br)c2)c1. The average molecular weight is 468 g/mol. The van der Waals surface area contributed by atoms with Crippen molar-refractivity contribution in [2.24, 2.45) is 0 Å². The summed E-state index contributed by atoms with van der Waals surface area (Å²) in [4.78, 5) is 15.2. The molecule has 1 aliphatic heterocycles. The minimum atomic E-state index is -3.66. The molecular formula is C19H22BrN3O4S. The number of morpholine rings is 1. The Bertz CT molecular complexity index is 973. The van der Waals surface area contributed by atoms with Gasteiger partial charge < -0.3 is 15.0 Å². The van der Waals surface area contributed by atoms with Crippen LogP contribution in [-0.4, -0.2) is 59.0 Å². The fourth-order valence-electron chi connectivity index (χ4n) is 2.91. The van der Waals surface area contributed by atoms with Crippen molar-refractivity contribution < 1.29 is 17.9 Å². The Hall–Kier alpha value is -1.94. The van der Waals surface area contributed by atoms with Gasteiger partial charge in [-0.1, -0.05) is 22.0 Å². The van der Waals surface area contributed by atoms with Crippen molar-refractivity contribution in [1.82, 2.24) is 4.31 Å². The van der Waals surface area contributed by atoms with Crippen LogP contribution in [0.5, 0.6) is 0 Å². The first kappa shape index (κ1) is 20.8. The maximum Gasteiger partial charge on any atom is 0.257 e. The molecule has 0 aromatic heterocycles. The van der Waals surface area contributed by atoms with Crippen LogP contribution < -0.4 is 10.2 Å². The number of sulfonamides is 1. The zero-order valence-electron chi connectivity index (χ0n) is 15.7. The summed E-state index contributed by atoms with van der Waals surface area (Å²) in [6.07, 6.45) is 0. The van der Waals surface area contributed by atoms with Crippen molar-refractivity contribution in [3.63, 3.8) is 0 Å².